The van der Waals surface area contributed by atoms with Crippen LogP contribution in [0.4, 0.5) is 0 Å². The monoisotopic (exact) mass is 247 g/mol. The fourth-order valence-corrected chi connectivity index (χ4v) is 1.66. The van der Waals surface area contributed by atoms with Gasteiger partial charge in [0, 0.05) is 0 Å². The van der Waals surface area contributed by atoms with Gasteiger partial charge in [-0.3, -0.25) is 4.79 Å². The van der Waals surface area contributed by atoms with E-state index in [1.807, 2.05) is 51.1 Å². The lowest BCUT2D eigenvalue weighted by Crippen LogP contribution is -2.33. The Bertz CT molecular complexity index is 434. The molecular weight excluding hydrogens is 226 g/mol. The van der Waals surface area contributed by atoms with E-state index in [-0.39, 0.29) is 12.4 Å². The van der Waals surface area contributed by atoms with E-state index in [1.54, 1.807) is 6.92 Å². The predicted molar refractivity (Wildman–Crippen MR) is 72.1 cm³/mol. The lowest BCUT2D eigenvalue weighted by atomic mass is 9.79. The minimum absolute atomic E-state index is 0.114. The largest absolute Gasteiger partial charge is 0.468 e. The molecule has 0 aliphatic rings. The normalized spacial score (nSPS) is 12.4. The molecule has 0 N–H and O–H groups in total. The average Bonchev–Trinajstić information content (AvgIpc) is 2.40. The molecular formula is C15H21NO2. The lowest BCUT2D eigenvalue weighted by molar-refractivity contribution is -0.146. The maximum atomic E-state index is 11.8. The Balaban J connectivity index is 0.00000137. The standard InChI is InChI=1S/C13H15NO2.C2H6/c1-10-5-4-6-11(9-10)13(2,7-8-14)12(15)16-3;1-2/h4-6,9H,7H2,1-3H3;1-2H3. The van der Waals surface area contributed by atoms with Gasteiger partial charge in [-0.15, -0.1) is 0 Å². The van der Waals surface area contributed by atoms with Crippen molar-refractivity contribution in [1.29, 1.82) is 5.26 Å². The molecule has 0 radical (unpaired) electrons. The smallest absolute Gasteiger partial charge is 0.317 e. The summed E-state index contributed by atoms with van der Waals surface area (Å²) in [6, 6.07) is 9.63. The molecule has 0 saturated heterocycles. The zero-order chi connectivity index (χ0) is 14.2. The summed E-state index contributed by atoms with van der Waals surface area (Å²) in [4.78, 5) is 11.8. The molecule has 3 nitrogen and oxygen atoms in total. The van der Waals surface area contributed by atoms with Gasteiger partial charge in [0.1, 0.15) is 5.41 Å². The van der Waals surface area contributed by atoms with E-state index in [0.29, 0.717) is 0 Å². The van der Waals surface area contributed by atoms with Crippen LogP contribution in [0.3, 0.4) is 0 Å². The Kier molecular flexibility index (Phi) is 6.74. The van der Waals surface area contributed by atoms with Gasteiger partial charge in [0.05, 0.1) is 19.6 Å². The van der Waals surface area contributed by atoms with Gasteiger partial charge in [0.25, 0.3) is 0 Å². The molecule has 1 atom stereocenters. The van der Waals surface area contributed by atoms with Gasteiger partial charge in [-0.1, -0.05) is 43.7 Å². The summed E-state index contributed by atoms with van der Waals surface area (Å²) in [5.74, 6) is -0.375. The number of benzene rings is 1. The molecule has 0 aliphatic heterocycles. The number of hydrogen-bond donors (Lipinski definition) is 0. The molecule has 3 heteroatoms. The van der Waals surface area contributed by atoms with Crippen LogP contribution < -0.4 is 0 Å². The maximum Gasteiger partial charge on any atom is 0.317 e. The molecule has 1 aromatic carbocycles. The van der Waals surface area contributed by atoms with Crippen LogP contribution in [0, 0.1) is 18.3 Å². The van der Waals surface area contributed by atoms with Crippen LogP contribution in [-0.2, 0) is 14.9 Å². The van der Waals surface area contributed by atoms with Crippen LogP contribution in [0.25, 0.3) is 0 Å². The topological polar surface area (TPSA) is 50.1 Å². The van der Waals surface area contributed by atoms with Gasteiger partial charge in [0.15, 0.2) is 0 Å². The number of hydrogen-bond acceptors (Lipinski definition) is 3. The fourth-order valence-electron chi connectivity index (χ4n) is 1.66. The van der Waals surface area contributed by atoms with Gasteiger partial charge in [-0.05, 0) is 19.4 Å². The summed E-state index contributed by atoms with van der Waals surface area (Å²) in [6.45, 7) is 7.68. The first-order valence-electron chi connectivity index (χ1n) is 6.07. The van der Waals surface area contributed by atoms with Crippen LogP contribution in [0.1, 0.15) is 38.3 Å². The number of carbonyl (C=O) groups excluding carboxylic acids is 1. The number of methoxy groups -OCH3 is 1. The highest BCUT2D eigenvalue weighted by Gasteiger charge is 2.36. The van der Waals surface area contributed by atoms with Gasteiger partial charge < -0.3 is 4.74 Å². The summed E-state index contributed by atoms with van der Waals surface area (Å²) in [7, 11) is 1.34. The minimum Gasteiger partial charge on any atom is -0.468 e. The molecule has 0 spiro atoms. The number of ether oxygens (including phenoxy) is 1. The fraction of sp³-hybridized carbons (Fsp3) is 0.467. The molecule has 0 fully saturated rings. The molecule has 0 aromatic heterocycles. The lowest BCUT2D eigenvalue weighted by Gasteiger charge is -2.24. The van der Waals surface area contributed by atoms with Crippen LogP contribution in [-0.4, -0.2) is 13.1 Å². The molecule has 0 amide bonds. The van der Waals surface area contributed by atoms with Crippen molar-refractivity contribution in [3.8, 4) is 6.07 Å². The van der Waals surface area contributed by atoms with Gasteiger partial charge >= 0.3 is 5.97 Å². The zero-order valence-corrected chi connectivity index (χ0v) is 11.8. The number of aryl methyl sites for hydroxylation is 1. The zero-order valence-electron chi connectivity index (χ0n) is 11.8. The predicted octanol–water partition coefficient (Wildman–Crippen LogP) is 3.37. The van der Waals surface area contributed by atoms with Gasteiger partial charge in [-0.25, -0.2) is 0 Å². The van der Waals surface area contributed by atoms with Crippen molar-refractivity contribution in [1.82, 2.24) is 0 Å². The number of nitrogens with zero attached hydrogens (tertiary/aromatic N) is 1. The Morgan fingerprint density at radius 2 is 2.06 bits per heavy atom. The third kappa shape index (κ3) is 3.59. The van der Waals surface area contributed by atoms with E-state index in [9.17, 15) is 4.79 Å². The number of rotatable bonds is 3. The second kappa shape index (κ2) is 7.50. The Morgan fingerprint density at radius 3 is 2.50 bits per heavy atom. The van der Waals surface area contributed by atoms with E-state index < -0.39 is 5.41 Å². The van der Waals surface area contributed by atoms with Crippen molar-refractivity contribution < 1.29 is 9.53 Å². The van der Waals surface area contributed by atoms with Crippen LogP contribution in [0.5, 0.6) is 0 Å². The molecule has 1 aromatic rings. The number of carbonyl (C=O) groups is 1. The van der Waals surface area contributed by atoms with Gasteiger partial charge in [0.2, 0.25) is 0 Å². The van der Waals surface area contributed by atoms with E-state index in [0.717, 1.165) is 11.1 Å². The van der Waals surface area contributed by atoms with Crippen LogP contribution in [0.2, 0.25) is 0 Å². The molecule has 18 heavy (non-hydrogen) atoms. The van der Waals surface area contributed by atoms with Crippen molar-refractivity contribution in [3.63, 3.8) is 0 Å². The second-order valence-corrected chi connectivity index (χ2v) is 4.03. The molecule has 1 unspecified atom stereocenters. The van der Waals surface area contributed by atoms with Crippen molar-refractivity contribution in [2.75, 3.05) is 7.11 Å². The third-order valence-corrected chi connectivity index (χ3v) is 2.72. The first-order chi connectivity index (χ1) is 8.54. The first-order valence-corrected chi connectivity index (χ1v) is 6.07. The number of esters is 1. The molecule has 98 valence electrons. The maximum absolute atomic E-state index is 11.8. The highest BCUT2D eigenvalue weighted by atomic mass is 16.5. The number of nitriles is 1. The SMILES string of the molecule is CC.COC(=O)C(C)(CC#N)c1cccc(C)c1. The Hall–Kier alpha value is -1.82. The van der Waals surface area contributed by atoms with E-state index in [2.05, 4.69) is 0 Å². The third-order valence-electron chi connectivity index (χ3n) is 2.72. The van der Waals surface area contributed by atoms with E-state index >= 15 is 0 Å². The molecule has 1 rings (SSSR count). The van der Waals surface area contributed by atoms with Crippen molar-refractivity contribution in [2.24, 2.45) is 0 Å². The summed E-state index contributed by atoms with van der Waals surface area (Å²) in [6.07, 6.45) is 0.114. The first kappa shape index (κ1) is 16.2. The molecule has 0 aliphatic carbocycles. The Labute approximate surface area is 109 Å². The van der Waals surface area contributed by atoms with E-state index in [4.69, 9.17) is 10.00 Å². The summed E-state index contributed by atoms with van der Waals surface area (Å²) >= 11 is 0. The summed E-state index contributed by atoms with van der Waals surface area (Å²) < 4.78 is 4.77. The van der Waals surface area contributed by atoms with Crippen molar-refractivity contribution in [3.05, 3.63) is 35.4 Å². The average molecular weight is 247 g/mol. The van der Waals surface area contributed by atoms with Gasteiger partial charge in [-0.2, -0.15) is 5.26 Å². The minimum atomic E-state index is -0.879. The highest BCUT2D eigenvalue weighted by molar-refractivity contribution is 5.83. The van der Waals surface area contributed by atoms with Crippen LogP contribution >= 0.6 is 0 Å². The quantitative estimate of drug-likeness (QED) is 0.769. The molecule has 0 heterocycles. The van der Waals surface area contributed by atoms with E-state index in [1.165, 1.54) is 7.11 Å². The summed E-state index contributed by atoms with van der Waals surface area (Å²) in [5, 5.41) is 8.82. The Morgan fingerprint density at radius 1 is 1.44 bits per heavy atom. The van der Waals surface area contributed by atoms with Crippen LogP contribution in [0.15, 0.2) is 24.3 Å². The summed E-state index contributed by atoms with van der Waals surface area (Å²) in [5.41, 5.74) is 1.00. The molecule has 0 saturated carbocycles. The second-order valence-electron chi connectivity index (χ2n) is 4.03. The van der Waals surface area contributed by atoms with Crippen molar-refractivity contribution in [2.45, 2.75) is 39.5 Å². The van der Waals surface area contributed by atoms with Crippen molar-refractivity contribution >= 4 is 5.97 Å². The molecule has 0 bridgehead atoms. The highest BCUT2D eigenvalue weighted by Crippen LogP contribution is 2.29.